The maximum atomic E-state index is 14.9. The lowest BCUT2D eigenvalue weighted by Crippen LogP contribution is -2.59. The van der Waals surface area contributed by atoms with Gasteiger partial charge >= 0.3 is 18.2 Å². The zero-order valence-corrected chi connectivity index (χ0v) is 81.9. The van der Waals surface area contributed by atoms with Crippen molar-refractivity contribution in [3.8, 4) is 45.8 Å². The Balaban J connectivity index is 0.000000209. The van der Waals surface area contributed by atoms with Crippen LogP contribution in [0.4, 0.5) is 19.9 Å². The highest BCUT2D eigenvalue weighted by Gasteiger charge is 2.66. The fourth-order valence-electron chi connectivity index (χ4n) is 17.9. The molecule has 6 aromatic rings. The molecule has 10 N–H and O–H groups in total. The number of aliphatic carboxylic acids is 1. The molecule has 8 heterocycles. The van der Waals surface area contributed by atoms with Crippen LogP contribution >= 0.6 is 22.7 Å². The Bertz CT molecular complexity index is 5330. The van der Waals surface area contributed by atoms with Gasteiger partial charge in [0.1, 0.15) is 87.0 Å². The molecule has 37 heteroatoms. The monoisotopic (exact) mass is 1890 g/mol. The number of nitrogens with zero attached hydrogens (tertiary/aromatic N) is 5. The van der Waals surface area contributed by atoms with Gasteiger partial charge in [-0.25, -0.2) is 51.2 Å². The number of carboxylic acids is 1. The van der Waals surface area contributed by atoms with E-state index in [-0.39, 0.29) is 61.2 Å². The first kappa shape index (κ1) is 101. The van der Waals surface area contributed by atoms with Crippen LogP contribution in [0.3, 0.4) is 0 Å². The number of nitrogens with one attached hydrogen (secondary N) is 9. The van der Waals surface area contributed by atoms with Gasteiger partial charge in [0, 0.05) is 77.3 Å². The third kappa shape index (κ3) is 25.5. The highest BCUT2D eigenvalue weighted by molar-refractivity contribution is 7.92. The van der Waals surface area contributed by atoms with Gasteiger partial charge in [-0.3, -0.25) is 33.4 Å². The predicted octanol–water partition coefficient (Wildman–Crippen LogP) is 14.8. The van der Waals surface area contributed by atoms with Gasteiger partial charge < -0.3 is 75.6 Å². The first-order valence-electron chi connectivity index (χ1n) is 46.7. The first-order chi connectivity index (χ1) is 61.9. The second-order valence-corrected chi connectivity index (χ2v) is 45.8. The number of methoxy groups -OCH3 is 2. The molecule has 4 saturated heterocycles. The summed E-state index contributed by atoms with van der Waals surface area (Å²) in [6.45, 7) is 25.9. The molecule has 33 nitrogen and oxygen atoms in total. The number of alkyl carbamates (subject to hydrolysis) is 2. The molecular formula is C94H136N14O19S4. The number of hydrogen-bond donors (Lipinski definition) is 10. The Kier molecular flexibility index (Phi) is 32.2. The highest BCUT2D eigenvalue weighted by atomic mass is 32.2. The largest absolute Gasteiger partial charge is 0.497 e. The number of ether oxygens (including phenoxy) is 6. The van der Waals surface area contributed by atoms with Crippen LogP contribution in [0.1, 0.15) is 264 Å². The zero-order chi connectivity index (χ0) is 94.9. The predicted molar refractivity (Wildman–Crippen MR) is 504 cm³/mol. The molecule has 2 spiro atoms. The molecule has 8 aliphatic rings. The average molecular weight is 1890 g/mol. The van der Waals surface area contributed by atoms with E-state index in [1.165, 1.54) is 27.6 Å². The lowest BCUT2D eigenvalue weighted by molar-refractivity contribution is -0.142. The van der Waals surface area contributed by atoms with E-state index in [9.17, 15) is 55.2 Å². The van der Waals surface area contributed by atoms with Crippen LogP contribution in [0.2, 0.25) is 0 Å². The average Bonchev–Trinajstić information content (AvgIpc) is 1.57. The van der Waals surface area contributed by atoms with Gasteiger partial charge in [0.25, 0.3) is 11.8 Å². The summed E-state index contributed by atoms with van der Waals surface area (Å²) in [4.78, 5) is 128. The number of aromatic nitrogens is 4. The van der Waals surface area contributed by atoms with Crippen LogP contribution in [-0.2, 0) is 58.3 Å². The minimum absolute atomic E-state index is 0.0348. The van der Waals surface area contributed by atoms with Crippen LogP contribution in [0.5, 0.6) is 23.0 Å². The second kappa shape index (κ2) is 42.0. The minimum Gasteiger partial charge on any atom is -0.497 e. The molecule has 0 radical (unpaired) electrons. The summed E-state index contributed by atoms with van der Waals surface area (Å²) in [5.74, 6) is -2.44. The number of pyridine rings is 2. The van der Waals surface area contributed by atoms with Crippen LogP contribution in [0, 0.1) is 23.7 Å². The standard InChI is InChI=1S/C47H67N7O9S2.C37H50N6O6S2.C10H19NO4/c1-28(2)39(51-44(58)63-45(5,6)7)41(56)54-26-32(62-38-24-35(36-27-64-43(50-36)48-29(3)4)49-34-22-31(61-8)17-18-33(34)38)23-37(54)40(55)52-47-25-30(47)16-14-12-10-9-11-13-15-19-46(20-21-46)65(59,60)53-42(47)57;1-23(2)39-35-41-31(22-50-35)29-19-32(27-13-12-25(48-3)17-28(27)40-29)49-26-18-30(38-21-26)33(44)42-37-20-24(37)11-9-7-5-4-6-8-10-14-36(15-16-36)51(46,47)43-34(37)45;1-6(2)7(8(12)13)11-9(14)15-10(3,4)5/h17-18,22,24,27-30,32,37,39H,9-16,19-21,23,25-26H2,1-8H3,(H,48,50)(H,51,58)(H,52,55)(H,53,57);12-13,17,19,22-24,26,30,38H,4-11,14-16,18,20-21H2,1-3H3,(H,39,41)(H,42,44)(H,43,45);6-7H,1-5H3,(H,11,14)(H,12,13)/t30-,32-,37+,39+,47-;24-,26-,30+,37-;7-/m110/s1. The van der Waals surface area contributed by atoms with Gasteiger partial charge in [-0.2, -0.15) is 0 Å². The molecule has 4 aliphatic heterocycles. The second-order valence-electron chi connectivity index (χ2n) is 39.9. The van der Waals surface area contributed by atoms with Crippen LogP contribution in [0.15, 0.2) is 59.3 Å². The zero-order valence-electron chi connectivity index (χ0n) is 78.7. The Morgan fingerprint density at radius 1 is 0.519 bits per heavy atom. The fourth-order valence-corrected chi connectivity index (χ4v) is 23.0. The number of hydrogen-bond acceptors (Lipinski definition) is 27. The molecule has 7 amide bonds. The molecule has 720 valence electrons. The number of anilines is 2. The van der Waals surface area contributed by atoms with Crippen molar-refractivity contribution in [1.29, 1.82) is 0 Å². The molecule has 0 unspecified atom stereocenters. The molecule has 4 aromatic heterocycles. The Morgan fingerprint density at radius 3 is 1.34 bits per heavy atom. The van der Waals surface area contributed by atoms with Gasteiger partial charge in [-0.05, 0) is 181 Å². The summed E-state index contributed by atoms with van der Waals surface area (Å²) in [6.07, 6.45) is 17.2. The van der Waals surface area contributed by atoms with Crippen LogP contribution in [0.25, 0.3) is 44.6 Å². The molecule has 0 bridgehead atoms. The lowest BCUT2D eigenvalue weighted by Gasteiger charge is -2.32. The number of likely N-dealkylation sites (tertiary alicyclic amines) is 1. The third-order valence-electron chi connectivity index (χ3n) is 25.7. The fraction of sp³-hybridized carbons (Fsp3) is 0.660. The van der Waals surface area contributed by atoms with E-state index in [4.69, 9.17) is 53.5 Å². The summed E-state index contributed by atoms with van der Waals surface area (Å²) in [7, 11) is -4.69. The summed E-state index contributed by atoms with van der Waals surface area (Å²) in [5, 5.41) is 36.8. The van der Waals surface area contributed by atoms with Crippen LogP contribution in [-0.4, -0.2) is 202 Å². The number of thiazole rings is 2. The van der Waals surface area contributed by atoms with E-state index in [0.717, 1.165) is 118 Å². The van der Waals surface area contributed by atoms with Crippen molar-refractivity contribution < 1.29 is 88.7 Å². The summed E-state index contributed by atoms with van der Waals surface area (Å²) in [6, 6.07) is 11.5. The smallest absolute Gasteiger partial charge is 0.408 e. The van der Waals surface area contributed by atoms with E-state index in [1.54, 1.807) is 102 Å². The number of amides is 7. The third-order valence-corrected chi connectivity index (χ3v) is 31.6. The summed E-state index contributed by atoms with van der Waals surface area (Å²) >= 11 is 2.97. The number of benzene rings is 2. The molecule has 8 fully saturated rings. The first-order valence-corrected chi connectivity index (χ1v) is 51.4. The van der Waals surface area contributed by atoms with Gasteiger partial charge in [-0.1, -0.05) is 118 Å². The lowest BCUT2D eigenvalue weighted by atomic mass is 10.0. The van der Waals surface area contributed by atoms with Gasteiger partial charge in [0.15, 0.2) is 10.3 Å². The summed E-state index contributed by atoms with van der Waals surface area (Å²) in [5.41, 5.74) is -0.278. The van der Waals surface area contributed by atoms with E-state index < -0.39 is 130 Å². The Hall–Kier alpha value is -9.46. The Labute approximate surface area is 778 Å². The number of rotatable bonds is 22. The van der Waals surface area contributed by atoms with Gasteiger partial charge in [0.05, 0.1) is 58.7 Å². The SMILES string of the molecule is CC(C)[C@H](NC(=O)OC(C)(C)C)C(=O)O.COc1ccc2c(O[C@@H]3C[C@@H](C(=O)N[C@]45C[C@H]4CCCCCCCCCC4(CC4)S(=O)(=O)NC5=O)N(C(=O)[C@@H](NC(=O)OC(C)(C)C)C(C)C)C3)cc(-c3csc(NC(C)C)n3)nc2c1.COc1ccc2c(O[C@H]3CN[C@H](C(=O)N[C@]45C[C@H]4CCCCCCCCCC4(CC4)S(=O)(=O)NC5=O)C3)cc(-c3csc(NC(C)C)n3)nc2c1. The number of fused-ring (bicyclic) bond motifs is 4. The van der Waals surface area contributed by atoms with E-state index in [1.807, 2.05) is 54.9 Å². The number of carbonyl (C=O) groups excluding carboxylic acids is 7. The van der Waals surface area contributed by atoms with Crippen molar-refractivity contribution in [1.82, 2.24) is 60.9 Å². The van der Waals surface area contributed by atoms with Gasteiger partial charge in [0.2, 0.25) is 37.8 Å². The minimum atomic E-state index is -4.03. The number of sulfonamides is 2. The van der Waals surface area contributed by atoms with E-state index >= 15 is 0 Å². The molecule has 10 atom stereocenters. The van der Waals surface area contributed by atoms with Crippen molar-refractivity contribution in [3.63, 3.8) is 0 Å². The van der Waals surface area contributed by atoms with Crippen molar-refractivity contribution in [2.45, 2.75) is 344 Å². The van der Waals surface area contributed by atoms with E-state index in [0.29, 0.717) is 121 Å². The summed E-state index contributed by atoms with van der Waals surface area (Å²) < 4.78 is 92.7. The number of carbonyl (C=O) groups is 8. The Morgan fingerprint density at radius 2 is 0.931 bits per heavy atom. The van der Waals surface area contributed by atoms with Crippen molar-refractivity contribution >= 4 is 122 Å². The molecule has 14 rings (SSSR count). The van der Waals surface area contributed by atoms with Crippen molar-refractivity contribution in [2.24, 2.45) is 23.7 Å². The van der Waals surface area contributed by atoms with Gasteiger partial charge in [-0.15, -0.1) is 22.7 Å². The molecule has 4 saturated carbocycles. The topological polar surface area (TPSA) is 444 Å². The van der Waals surface area contributed by atoms with Crippen molar-refractivity contribution in [3.05, 3.63) is 59.3 Å². The van der Waals surface area contributed by atoms with Crippen molar-refractivity contribution in [2.75, 3.05) is 37.9 Å². The quantitative estimate of drug-likeness (QED) is 0.0302. The number of carboxylic acid groups (broad SMARTS) is 1. The highest BCUT2D eigenvalue weighted by Crippen LogP contribution is 2.53. The maximum Gasteiger partial charge on any atom is 0.408 e. The molecule has 131 heavy (non-hydrogen) atoms. The molecule has 4 aliphatic carbocycles. The van der Waals surface area contributed by atoms with Crippen LogP contribution < -0.4 is 65.6 Å². The maximum absolute atomic E-state index is 14.9. The normalized spacial score (nSPS) is 24.6. The molecule has 2 aromatic carbocycles. The van der Waals surface area contributed by atoms with E-state index in [2.05, 4.69) is 60.5 Å². The molecular weight excluding hydrogens is 1760 g/mol.